The summed E-state index contributed by atoms with van der Waals surface area (Å²) in [5, 5.41) is 0. The molecule has 0 N–H and O–H groups in total. The van der Waals surface area contributed by atoms with E-state index in [9.17, 15) is 8.76 Å². The zero-order valence-electron chi connectivity index (χ0n) is 7.79. The van der Waals surface area contributed by atoms with Crippen molar-refractivity contribution in [1.29, 1.82) is 0 Å². The van der Waals surface area contributed by atoms with Crippen molar-refractivity contribution in [3.63, 3.8) is 0 Å². The summed E-state index contributed by atoms with van der Waals surface area (Å²) in [4.78, 5) is 4.39. The van der Waals surface area contributed by atoms with E-state index in [1.165, 1.54) is 0 Å². The number of nitrogens with zero attached hydrogens (tertiary/aromatic N) is 1. The molecule has 0 aliphatic heterocycles. The molecule has 1 atom stereocenters. The van der Waals surface area contributed by atoms with E-state index in [1.54, 1.807) is 42.6 Å². The third-order valence-corrected chi connectivity index (χ3v) is 2.72. The van der Waals surface area contributed by atoms with Crippen molar-refractivity contribution < 1.29 is 8.76 Å². The predicted molar refractivity (Wildman–Crippen MR) is 56.9 cm³/mol. The van der Waals surface area contributed by atoms with E-state index in [1.807, 2.05) is 6.07 Å². The number of hydrogen-bond donors (Lipinski definition) is 0. The van der Waals surface area contributed by atoms with E-state index in [0.29, 0.717) is 11.3 Å². The first kappa shape index (κ1) is 10.0. The third-order valence-electron chi connectivity index (χ3n) is 2.01. The Hall–Kier alpha value is -1.52. The van der Waals surface area contributed by atoms with Crippen LogP contribution >= 0.6 is 0 Å². The Balaban J connectivity index is 2.58. The van der Waals surface area contributed by atoms with Gasteiger partial charge < -0.3 is 4.55 Å². The molecule has 3 nitrogen and oxygen atoms in total. The molecule has 76 valence electrons. The lowest BCUT2D eigenvalue weighted by Gasteiger charge is -2.10. The topological polar surface area (TPSA) is 53.0 Å². The average Bonchev–Trinajstić information content (AvgIpc) is 2.30. The van der Waals surface area contributed by atoms with Crippen LogP contribution in [0.4, 0.5) is 0 Å². The van der Waals surface area contributed by atoms with Gasteiger partial charge in [0.1, 0.15) is 0 Å². The van der Waals surface area contributed by atoms with E-state index in [4.69, 9.17) is 0 Å². The largest absolute Gasteiger partial charge is 0.768 e. The molecule has 1 unspecified atom stereocenters. The van der Waals surface area contributed by atoms with Crippen molar-refractivity contribution in [3.05, 3.63) is 48.7 Å². The van der Waals surface area contributed by atoms with E-state index >= 15 is 0 Å². The van der Waals surface area contributed by atoms with Crippen LogP contribution < -0.4 is 0 Å². The van der Waals surface area contributed by atoms with Gasteiger partial charge in [0.2, 0.25) is 0 Å². The lowest BCUT2D eigenvalue weighted by atomic mass is 10.1. The molecule has 1 heterocycles. The fourth-order valence-corrected chi connectivity index (χ4v) is 1.89. The van der Waals surface area contributed by atoms with Crippen molar-refractivity contribution in [3.8, 4) is 11.3 Å². The van der Waals surface area contributed by atoms with E-state index < -0.39 is 11.1 Å². The summed E-state index contributed by atoms with van der Waals surface area (Å²) in [6.07, 6.45) is 1.64. The van der Waals surface area contributed by atoms with Crippen LogP contribution in [0.25, 0.3) is 11.3 Å². The molecule has 0 radical (unpaired) electrons. The Morgan fingerprint density at radius 1 is 1.07 bits per heavy atom. The maximum atomic E-state index is 11.0. The van der Waals surface area contributed by atoms with Gasteiger partial charge in [-0.25, -0.2) is 0 Å². The van der Waals surface area contributed by atoms with Gasteiger partial charge in [0.25, 0.3) is 0 Å². The molecule has 0 saturated carbocycles. The molecular formula is C11H8NO2S-. The van der Waals surface area contributed by atoms with Gasteiger partial charge in [-0.05, 0) is 29.3 Å². The van der Waals surface area contributed by atoms with Crippen LogP contribution in [0.1, 0.15) is 0 Å². The minimum Gasteiger partial charge on any atom is -0.768 e. The predicted octanol–water partition coefficient (Wildman–Crippen LogP) is 1.99. The summed E-state index contributed by atoms with van der Waals surface area (Å²) in [6.45, 7) is 0. The normalized spacial score (nSPS) is 12.3. The van der Waals surface area contributed by atoms with Gasteiger partial charge in [0.05, 0.1) is 5.69 Å². The molecule has 2 aromatic rings. The molecule has 0 bridgehead atoms. The molecule has 0 amide bonds. The maximum absolute atomic E-state index is 11.0. The number of hydrogen-bond acceptors (Lipinski definition) is 3. The number of rotatable bonds is 2. The highest BCUT2D eigenvalue weighted by Gasteiger charge is 2.04. The molecule has 2 rings (SSSR count). The van der Waals surface area contributed by atoms with Crippen LogP contribution in [-0.2, 0) is 11.1 Å². The van der Waals surface area contributed by atoms with Crippen molar-refractivity contribution in [2.75, 3.05) is 0 Å². The van der Waals surface area contributed by atoms with Gasteiger partial charge in [-0.15, -0.1) is 0 Å². The molecule has 0 saturated heterocycles. The molecule has 0 aliphatic carbocycles. The van der Waals surface area contributed by atoms with Crippen LogP contribution in [0.2, 0.25) is 0 Å². The molecule has 0 fully saturated rings. The summed E-state index contributed by atoms with van der Waals surface area (Å²) in [5.41, 5.74) is 1.30. The Labute approximate surface area is 90.1 Å². The van der Waals surface area contributed by atoms with Crippen molar-refractivity contribution in [2.45, 2.75) is 4.90 Å². The first-order chi connectivity index (χ1) is 7.29. The summed E-state index contributed by atoms with van der Waals surface area (Å²) in [7, 11) is 0. The molecule has 0 spiro atoms. The smallest absolute Gasteiger partial charge is 0.0713 e. The van der Waals surface area contributed by atoms with Gasteiger partial charge in [0.15, 0.2) is 0 Å². The molecule has 4 heteroatoms. The summed E-state index contributed by atoms with van der Waals surface area (Å²) < 4.78 is 21.9. The highest BCUT2D eigenvalue weighted by molar-refractivity contribution is 7.79. The zero-order valence-corrected chi connectivity index (χ0v) is 8.61. The van der Waals surface area contributed by atoms with Crippen molar-refractivity contribution in [1.82, 2.24) is 4.98 Å². The minimum atomic E-state index is -2.23. The second-order valence-corrected chi connectivity index (χ2v) is 3.86. The van der Waals surface area contributed by atoms with Crippen LogP contribution in [0.15, 0.2) is 53.6 Å². The molecular weight excluding hydrogens is 210 g/mol. The maximum Gasteiger partial charge on any atom is 0.0713 e. The number of benzene rings is 1. The van der Waals surface area contributed by atoms with Crippen LogP contribution in [0.5, 0.6) is 0 Å². The molecule has 15 heavy (non-hydrogen) atoms. The Kier molecular flexibility index (Phi) is 2.89. The lowest BCUT2D eigenvalue weighted by Crippen LogP contribution is -1.93. The molecule has 1 aromatic carbocycles. The van der Waals surface area contributed by atoms with Crippen molar-refractivity contribution >= 4 is 11.1 Å². The van der Waals surface area contributed by atoms with Crippen LogP contribution in [0, 0.1) is 0 Å². The highest BCUT2D eigenvalue weighted by Crippen LogP contribution is 2.23. The summed E-state index contributed by atoms with van der Waals surface area (Å²) in [6, 6.07) is 12.2. The zero-order chi connectivity index (χ0) is 10.7. The monoisotopic (exact) mass is 218 g/mol. The fraction of sp³-hybridized carbons (Fsp3) is 0. The lowest BCUT2D eigenvalue weighted by molar-refractivity contribution is 0.537. The first-order valence-corrected chi connectivity index (χ1v) is 5.46. The van der Waals surface area contributed by atoms with Gasteiger partial charge in [0, 0.05) is 16.7 Å². The Morgan fingerprint density at radius 3 is 2.47 bits per heavy atom. The van der Waals surface area contributed by atoms with Gasteiger partial charge in [-0.2, -0.15) is 0 Å². The van der Waals surface area contributed by atoms with E-state index in [0.717, 1.165) is 0 Å². The van der Waals surface area contributed by atoms with Crippen LogP contribution in [0.3, 0.4) is 0 Å². The van der Waals surface area contributed by atoms with Gasteiger partial charge >= 0.3 is 0 Å². The molecule has 1 aromatic heterocycles. The third kappa shape index (κ3) is 2.11. The van der Waals surface area contributed by atoms with Crippen LogP contribution in [-0.4, -0.2) is 13.7 Å². The van der Waals surface area contributed by atoms with Crippen molar-refractivity contribution in [2.24, 2.45) is 0 Å². The Morgan fingerprint density at radius 2 is 1.80 bits per heavy atom. The second-order valence-electron chi connectivity index (χ2n) is 2.95. The SMILES string of the molecule is O=S([O-])c1ccccc1-c1ccccn1. The van der Waals surface area contributed by atoms with E-state index in [-0.39, 0.29) is 4.90 Å². The highest BCUT2D eigenvalue weighted by atomic mass is 32.2. The second kappa shape index (κ2) is 4.33. The Bertz CT molecular complexity index is 485. The summed E-state index contributed by atoms with van der Waals surface area (Å²) in [5.74, 6) is 0. The molecule has 0 aliphatic rings. The summed E-state index contributed by atoms with van der Waals surface area (Å²) >= 11 is -2.23. The quantitative estimate of drug-likeness (QED) is 0.724. The minimum absolute atomic E-state index is 0.274. The fourth-order valence-electron chi connectivity index (χ4n) is 1.35. The van der Waals surface area contributed by atoms with Gasteiger partial charge in [-0.1, -0.05) is 24.3 Å². The standard InChI is InChI=1S/C11H9NO2S/c13-15(14)11-7-2-1-5-9(11)10-6-3-4-8-12-10/h1-8H,(H,13,14)/p-1. The number of aromatic nitrogens is 1. The van der Waals surface area contributed by atoms with E-state index in [2.05, 4.69) is 4.98 Å². The van der Waals surface area contributed by atoms with Gasteiger partial charge in [-0.3, -0.25) is 9.19 Å². The first-order valence-electron chi connectivity index (χ1n) is 4.39. The number of pyridine rings is 1. The average molecular weight is 218 g/mol.